The van der Waals surface area contributed by atoms with Crippen molar-refractivity contribution in [3.63, 3.8) is 0 Å². The normalized spacial score (nSPS) is 21.3. The lowest BCUT2D eigenvalue weighted by Crippen LogP contribution is -2.38. The highest BCUT2D eigenvalue weighted by molar-refractivity contribution is 7.91. The molecule has 202 valence electrons. The standard InChI is InChI=1S/C28H28F2N6O2S/c1-4-39(37,38)13-12-36-11-9-21(35-36)23-15-31-16-24(32-23)28-10-8-18(27(28,2)3)17-14-22(33-34-26(17)28)25-19(29)6-5-7-20(25)30/h5-7,9,11,14-16,18H,4,8,10,12-13H2,1-3H3/t18-,28+/m0/s1. The van der Waals surface area contributed by atoms with Gasteiger partial charge < -0.3 is 0 Å². The summed E-state index contributed by atoms with van der Waals surface area (Å²) in [5.41, 5.74) is 2.75. The van der Waals surface area contributed by atoms with Gasteiger partial charge in [0.15, 0.2) is 9.84 Å². The fraction of sp³-hybridized carbons (Fsp3) is 0.393. The monoisotopic (exact) mass is 550 g/mol. The molecule has 39 heavy (non-hydrogen) atoms. The molecule has 2 bridgehead atoms. The topological polar surface area (TPSA) is 104 Å². The van der Waals surface area contributed by atoms with Crippen LogP contribution in [0.25, 0.3) is 22.6 Å². The van der Waals surface area contributed by atoms with Crippen LogP contribution >= 0.6 is 0 Å². The van der Waals surface area contributed by atoms with Crippen molar-refractivity contribution in [2.24, 2.45) is 5.41 Å². The van der Waals surface area contributed by atoms with Crippen LogP contribution in [0.4, 0.5) is 8.78 Å². The van der Waals surface area contributed by atoms with E-state index in [1.165, 1.54) is 18.2 Å². The first-order valence-electron chi connectivity index (χ1n) is 13.0. The Morgan fingerprint density at radius 1 is 1.05 bits per heavy atom. The fourth-order valence-electron chi connectivity index (χ4n) is 6.45. The molecule has 0 N–H and O–H groups in total. The molecule has 0 radical (unpaired) electrons. The van der Waals surface area contributed by atoms with Crippen LogP contribution in [0.15, 0.2) is 48.9 Å². The molecule has 0 spiro atoms. The molecule has 2 aliphatic rings. The minimum atomic E-state index is -3.11. The van der Waals surface area contributed by atoms with Crippen LogP contribution < -0.4 is 0 Å². The number of halogens is 2. The van der Waals surface area contributed by atoms with Gasteiger partial charge in [0, 0.05) is 18.1 Å². The zero-order valence-corrected chi connectivity index (χ0v) is 22.7. The summed E-state index contributed by atoms with van der Waals surface area (Å²) in [6.45, 7) is 6.24. The van der Waals surface area contributed by atoms with E-state index in [1.54, 1.807) is 42.3 Å². The van der Waals surface area contributed by atoms with Gasteiger partial charge in [0.25, 0.3) is 0 Å². The van der Waals surface area contributed by atoms with Crippen LogP contribution in [-0.4, -0.2) is 49.9 Å². The Bertz CT molecular complexity index is 1680. The molecule has 2 atom stereocenters. The number of fused-ring (bicyclic) bond motifs is 5. The predicted octanol–water partition coefficient (Wildman–Crippen LogP) is 4.71. The first kappa shape index (κ1) is 25.7. The van der Waals surface area contributed by atoms with Crippen LogP contribution in [-0.2, 0) is 21.8 Å². The maximum absolute atomic E-state index is 14.5. The summed E-state index contributed by atoms with van der Waals surface area (Å²) in [7, 11) is -3.11. The summed E-state index contributed by atoms with van der Waals surface area (Å²) >= 11 is 0. The number of aryl methyl sites for hydroxylation is 1. The maximum Gasteiger partial charge on any atom is 0.151 e. The van der Waals surface area contributed by atoms with E-state index in [9.17, 15) is 17.2 Å². The van der Waals surface area contributed by atoms with Crippen molar-refractivity contribution in [1.29, 1.82) is 0 Å². The first-order chi connectivity index (χ1) is 18.6. The number of hydrogen-bond acceptors (Lipinski definition) is 7. The van der Waals surface area contributed by atoms with Gasteiger partial charge in [-0.15, -0.1) is 5.10 Å². The van der Waals surface area contributed by atoms with Crippen molar-refractivity contribution >= 4 is 9.84 Å². The molecule has 0 saturated heterocycles. The van der Waals surface area contributed by atoms with Crippen LogP contribution in [0, 0.1) is 17.0 Å². The van der Waals surface area contributed by atoms with Gasteiger partial charge in [0.1, 0.15) is 23.0 Å². The third-order valence-electron chi connectivity index (χ3n) is 8.65. The van der Waals surface area contributed by atoms with E-state index in [0.717, 1.165) is 29.8 Å². The Hall–Kier alpha value is -3.60. The molecule has 3 aromatic heterocycles. The summed E-state index contributed by atoms with van der Waals surface area (Å²) < 4.78 is 54.5. The number of hydrogen-bond donors (Lipinski definition) is 0. The quantitative estimate of drug-likeness (QED) is 0.328. The third-order valence-corrected chi connectivity index (χ3v) is 10.3. The van der Waals surface area contributed by atoms with Gasteiger partial charge in [-0.25, -0.2) is 22.2 Å². The summed E-state index contributed by atoms with van der Waals surface area (Å²) in [6.07, 6.45) is 6.79. The van der Waals surface area contributed by atoms with Crippen molar-refractivity contribution in [3.05, 3.63) is 77.5 Å². The molecule has 11 heteroatoms. The van der Waals surface area contributed by atoms with Crippen LogP contribution in [0.5, 0.6) is 0 Å². The van der Waals surface area contributed by atoms with Crippen molar-refractivity contribution in [2.75, 3.05) is 11.5 Å². The van der Waals surface area contributed by atoms with Crippen LogP contribution in [0.3, 0.4) is 0 Å². The molecule has 0 unspecified atom stereocenters. The number of nitrogens with zero attached hydrogens (tertiary/aromatic N) is 6. The van der Waals surface area contributed by atoms with Crippen molar-refractivity contribution in [2.45, 2.75) is 51.5 Å². The summed E-state index contributed by atoms with van der Waals surface area (Å²) in [6, 6.07) is 7.34. The van der Waals surface area contributed by atoms with Crippen LogP contribution in [0.1, 0.15) is 56.5 Å². The largest absolute Gasteiger partial charge is 0.271 e. The molecular formula is C28H28F2N6O2S. The lowest BCUT2D eigenvalue weighted by molar-refractivity contribution is 0.242. The first-order valence-corrected chi connectivity index (χ1v) is 14.8. The Balaban J connectivity index is 1.39. The Morgan fingerprint density at radius 3 is 2.56 bits per heavy atom. The Kier molecular flexibility index (Phi) is 5.90. The van der Waals surface area contributed by atoms with Gasteiger partial charge in [0.05, 0.1) is 46.6 Å². The molecule has 6 rings (SSSR count). The minimum absolute atomic E-state index is 0.0171. The molecule has 0 amide bonds. The van der Waals surface area contributed by atoms with Gasteiger partial charge in [-0.3, -0.25) is 9.67 Å². The summed E-state index contributed by atoms with van der Waals surface area (Å²) in [4.78, 5) is 9.49. The van der Waals surface area contributed by atoms with Gasteiger partial charge in [-0.1, -0.05) is 26.8 Å². The third kappa shape index (κ3) is 3.89. The van der Waals surface area contributed by atoms with E-state index in [4.69, 9.17) is 4.98 Å². The summed E-state index contributed by atoms with van der Waals surface area (Å²) in [5.74, 6) is -1.13. The zero-order chi connectivity index (χ0) is 27.6. The fourth-order valence-corrected chi connectivity index (χ4v) is 7.21. The predicted molar refractivity (Wildman–Crippen MR) is 142 cm³/mol. The van der Waals surface area contributed by atoms with E-state index in [-0.39, 0.29) is 40.6 Å². The van der Waals surface area contributed by atoms with E-state index in [2.05, 4.69) is 34.1 Å². The second-order valence-electron chi connectivity index (χ2n) is 10.8. The molecule has 0 aliphatic heterocycles. The molecule has 2 aliphatic carbocycles. The van der Waals surface area contributed by atoms with Gasteiger partial charge in [-0.2, -0.15) is 10.2 Å². The highest BCUT2D eigenvalue weighted by Crippen LogP contribution is 2.69. The van der Waals surface area contributed by atoms with E-state index in [1.807, 2.05) is 0 Å². The number of rotatable bonds is 7. The van der Waals surface area contributed by atoms with E-state index >= 15 is 0 Å². The number of sulfone groups is 1. The smallest absolute Gasteiger partial charge is 0.151 e. The zero-order valence-electron chi connectivity index (χ0n) is 21.9. The number of aromatic nitrogens is 6. The van der Waals surface area contributed by atoms with E-state index in [0.29, 0.717) is 11.4 Å². The molecule has 1 saturated carbocycles. The van der Waals surface area contributed by atoms with Crippen molar-refractivity contribution in [1.82, 2.24) is 29.9 Å². The second-order valence-corrected chi connectivity index (χ2v) is 13.3. The molecule has 4 aromatic rings. The van der Waals surface area contributed by atoms with Crippen molar-refractivity contribution < 1.29 is 17.2 Å². The van der Waals surface area contributed by atoms with E-state index < -0.39 is 26.9 Å². The average molecular weight is 551 g/mol. The number of benzene rings is 1. The van der Waals surface area contributed by atoms with Gasteiger partial charge in [-0.05, 0) is 54.0 Å². The molecule has 3 heterocycles. The van der Waals surface area contributed by atoms with Gasteiger partial charge in [0.2, 0.25) is 0 Å². The summed E-state index contributed by atoms with van der Waals surface area (Å²) in [5, 5.41) is 13.4. The maximum atomic E-state index is 14.5. The second kappa shape index (κ2) is 8.97. The SMILES string of the molecule is CCS(=O)(=O)CCn1ccc(-c2cncc([C@]34CC[C@@H](c5cc(-c6c(F)cccc6F)nnc53)C4(C)C)n2)n1. The lowest BCUT2D eigenvalue weighted by atomic mass is 9.66. The Morgan fingerprint density at radius 2 is 1.82 bits per heavy atom. The highest BCUT2D eigenvalue weighted by atomic mass is 32.2. The molecule has 1 aromatic carbocycles. The van der Waals surface area contributed by atoms with Crippen molar-refractivity contribution in [3.8, 4) is 22.6 Å². The Labute approximate surface area is 225 Å². The van der Waals surface area contributed by atoms with Crippen LogP contribution in [0.2, 0.25) is 0 Å². The lowest BCUT2D eigenvalue weighted by Gasteiger charge is -2.37. The molecular weight excluding hydrogens is 522 g/mol. The average Bonchev–Trinajstić information content (AvgIpc) is 3.55. The molecule has 1 fully saturated rings. The minimum Gasteiger partial charge on any atom is -0.271 e. The molecule has 8 nitrogen and oxygen atoms in total. The highest BCUT2D eigenvalue weighted by Gasteiger charge is 2.65. The van der Waals surface area contributed by atoms with Gasteiger partial charge >= 0.3 is 0 Å².